The standard InChI is InChI=1S/C16H12N4O/c1-11-7-12(2)20(16(21)15(11)9-18)19-10-14-5-3-13(8-17)4-6-14/h3-7,10H,1-2H3/b19-10+. The Labute approximate surface area is 122 Å². The molecule has 2 rings (SSSR count). The van der Waals surface area contributed by atoms with Crippen molar-refractivity contribution >= 4 is 6.21 Å². The highest BCUT2D eigenvalue weighted by Gasteiger charge is 2.08. The summed E-state index contributed by atoms with van der Waals surface area (Å²) in [4.78, 5) is 12.1. The second-order valence-corrected chi connectivity index (χ2v) is 4.55. The van der Waals surface area contributed by atoms with E-state index >= 15 is 0 Å². The molecule has 0 spiro atoms. The molecule has 21 heavy (non-hydrogen) atoms. The maximum Gasteiger partial charge on any atom is 0.289 e. The van der Waals surface area contributed by atoms with E-state index in [1.165, 1.54) is 10.9 Å². The normalized spacial score (nSPS) is 10.3. The van der Waals surface area contributed by atoms with E-state index in [0.717, 1.165) is 5.56 Å². The average molecular weight is 276 g/mol. The van der Waals surface area contributed by atoms with Crippen LogP contribution in [0.5, 0.6) is 0 Å². The summed E-state index contributed by atoms with van der Waals surface area (Å²) in [7, 11) is 0. The molecule has 5 heteroatoms. The fourth-order valence-corrected chi connectivity index (χ4v) is 1.93. The van der Waals surface area contributed by atoms with E-state index in [0.29, 0.717) is 16.8 Å². The Morgan fingerprint density at radius 2 is 1.81 bits per heavy atom. The van der Waals surface area contributed by atoms with Crippen molar-refractivity contribution < 1.29 is 0 Å². The Bertz CT molecular complexity index is 846. The predicted molar refractivity (Wildman–Crippen MR) is 79.0 cm³/mol. The second kappa shape index (κ2) is 5.85. The molecule has 0 bridgehead atoms. The van der Waals surface area contributed by atoms with Gasteiger partial charge in [0.2, 0.25) is 0 Å². The summed E-state index contributed by atoms with van der Waals surface area (Å²) in [6, 6.07) is 12.5. The third kappa shape index (κ3) is 2.88. The lowest BCUT2D eigenvalue weighted by molar-refractivity contribution is 0.786. The zero-order valence-corrected chi connectivity index (χ0v) is 11.7. The van der Waals surface area contributed by atoms with Crippen molar-refractivity contribution in [3.05, 3.63) is 68.6 Å². The highest BCUT2D eigenvalue weighted by Crippen LogP contribution is 2.06. The number of pyridine rings is 1. The fraction of sp³-hybridized carbons (Fsp3) is 0.125. The van der Waals surface area contributed by atoms with Gasteiger partial charge < -0.3 is 0 Å². The first-order valence-corrected chi connectivity index (χ1v) is 6.24. The van der Waals surface area contributed by atoms with Crippen molar-refractivity contribution in [1.82, 2.24) is 4.68 Å². The van der Waals surface area contributed by atoms with Gasteiger partial charge in [-0.1, -0.05) is 12.1 Å². The van der Waals surface area contributed by atoms with Crippen LogP contribution < -0.4 is 5.56 Å². The Morgan fingerprint density at radius 3 is 2.38 bits per heavy atom. The van der Waals surface area contributed by atoms with Crippen molar-refractivity contribution in [3.8, 4) is 12.1 Å². The van der Waals surface area contributed by atoms with Crippen LogP contribution in [0.4, 0.5) is 0 Å². The fourth-order valence-electron chi connectivity index (χ4n) is 1.93. The molecule has 5 nitrogen and oxygen atoms in total. The lowest BCUT2D eigenvalue weighted by Gasteiger charge is -2.06. The minimum absolute atomic E-state index is 0.0950. The monoisotopic (exact) mass is 276 g/mol. The molecule has 0 amide bonds. The molecule has 2 aromatic rings. The first-order valence-electron chi connectivity index (χ1n) is 6.24. The number of aryl methyl sites for hydroxylation is 2. The summed E-state index contributed by atoms with van der Waals surface area (Å²) in [6.45, 7) is 3.48. The molecule has 0 radical (unpaired) electrons. The van der Waals surface area contributed by atoms with Crippen LogP contribution in [0, 0.1) is 36.5 Å². The Hall–Kier alpha value is -3.18. The minimum atomic E-state index is -0.431. The van der Waals surface area contributed by atoms with E-state index < -0.39 is 5.56 Å². The highest BCUT2D eigenvalue weighted by atomic mass is 16.1. The molecule has 0 aliphatic heterocycles. The van der Waals surface area contributed by atoms with Crippen molar-refractivity contribution in [1.29, 1.82) is 10.5 Å². The molecule has 102 valence electrons. The number of rotatable bonds is 2. The Morgan fingerprint density at radius 1 is 1.14 bits per heavy atom. The number of aromatic nitrogens is 1. The lowest BCUT2D eigenvalue weighted by Crippen LogP contribution is -2.22. The molecule has 0 unspecified atom stereocenters. The predicted octanol–water partition coefficient (Wildman–Crippen LogP) is 2.09. The summed E-state index contributed by atoms with van der Waals surface area (Å²) < 4.78 is 1.20. The van der Waals surface area contributed by atoms with Crippen LogP contribution in [0.1, 0.15) is 27.9 Å². The van der Waals surface area contributed by atoms with Gasteiger partial charge in [0.1, 0.15) is 11.6 Å². The molecule has 1 aromatic heterocycles. The van der Waals surface area contributed by atoms with E-state index in [2.05, 4.69) is 5.10 Å². The van der Waals surface area contributed by atoms with Crippen molar-refractivity contribution in [2.45, 2.75) is 13.8 Å². The zero-order valence-electron chi connectivity index (χ0n) is 11.7. The summed E-state index contributed by atoms with van der Waals surface area (Å²) in [5.74, 6) is 0. The molecule has 1 aromatic carbocycles. The van der Waals surface area contributed by atoms with Gasteiger partial charge in [-0.15, -0.1) is 0 Å². The topological polar surface area (TPSA) is 81.9 Å². The highest BCUT2D eigenvalue weighted by molar-refractivity contribution is 5.79. The number of hydrogen-bond acceptors (Lipinski definition) is 4. The molecular weight excluding hydrogens is 264 g/mol. The summed E-state index contributed by atoms with van der Waals surface area (Å²) >= 11 is 0. The van der Waals surface area contributed by atoms with Crippen LogP contribution in [-0.4, -0.2) is 10.9 Å². The van der Waals surface area contributed by atoms with Crippen molar-refractivity contribution in [2.75, 3.05) is 0 Å². The van der Waals surface area contributed by atoms with Gasteiger partial charge in [0.25, 0.3) is 5.56 Å². The van der Waals surface area contributed by atoms with E-state index in [1.54, 1.807) is 44.2 Å². The third-order valence-corrected chi connectivity index (χ3v) is 3.03. The first kappa shape index (κ1) is 14.2. The van der Waals surface area contributed by atoms with Gasteiger partial charge >= 0.3 is 0 Å². The van der Waals surface area contributed by atoms with Crippen molar-refractivity contribution in [2.24, 2.45) is 5.10 Å². The molecule has 0 N–H and O–H groups in total. The SMILES string of the molecule is Cc1cc(C)n(/N=C/c2ccc(C#N)cc2)c(=O)c1C#N. The van der Waals surface area contributed by atoms with Crippen LogP contribution in [0.15, 0.2) is 40.2 Å². The maximum atomic E-state index is 12.1. The molecule has 0 saturated heterocycles. The van der Waals surface area contributed by atoms with Crippen molar-refractivity contribution in [3.63, 3.8) is 0 Å². The number of nitrogens with zero attached hydrogens (tertiary/aromatic N) is 4. The molecule has 0 atom stereocenters. The molecule has 0 saturated carbocycles. The van der Waals surface area contributed by atoms with Crippen LogP contribution in [0.3, 0.4) is 0 Å². The first-order chi connectivity index (χ1) is 10.1. The Balaban J connectivity index is 2.44. The third-order valence-electron chi connectivity index (χ3n) is 3.03. The van der Waals surface area contributed by atoms with E-state index in [-0.39, 0.29) is 5.56 Å². The quantitative estimate of drug-likeness (QED) is 0.787. The maximum absolute atomic E-state index is 12.1. The molecular formula is C16H12N4O. The van der Waals surface area contributed by atoms with Gasteiger partial charge in [-0.25, -0.2) is 4.68 Å². The van der Waals surface area contributed by atoms with Gasteiger partial charge in [0.15, 0.2) is 0 Å². The number of nitriles is 2. The summed E-state index contributed by atoms with van der Waals surface area (Å²) in [6.07, 6.45) is 1.52. The number of benzene rings is 1. The molecule has 0 aliphatic carbocycles. The smallest absolute Gasteiger partial charge is 0.266 e. The molecule has 0 fully saturated rings. The average Bonchev–Trinajstić information content (AvgIpc) is 2.47. The Kier molecular flexibility index (Phi) is 3.97. The summed E-state index contributed by atoms with van der Waals surface area (Å²) in [5, 5.41) is 21.9. The summed E-state index contributed by atoms with van der Waals surface area (Å²) in [5.41, 5.74) is 2.28. The van der Waals surface area contributed by atoms with Gasteiger partial charge in [-0.2, -0.15) is 15.6 Å². The zero-order chi connectivity index (χ0) is 15.4. The van der Waals surface area contributed by atoms with Crippen LogP contribution in [0.25, 0.3) is 0 Å². The van der Waals surface area contributed by atoms with Crippen LogP contribution >= 0.6 is 0 Å². The minimum Gasteiger partial charge on any atom is -0.266 e. The van der Waals surface area contributed by atoms with Crippen LogP contribution in [0.2, 0.25) is 0 Å². The van der Waals surface area contributed by atoms with E-state index in [1.807, 2.05) is 12.1 Å². The second-order valence-electron chi connectivity index (χ2n) is 4.55. The van der Waals surface area contributed by atoms with Crippen LogP contribution in [-0.2, 0) is 0 Å². The van der Waals surface area contributed by atoms with E-state index in [4.69, 9.17) is 10.5 Å². The van der Waals surface area contributed by atoms with E-state index in [9.17, 15) is 4.79 Å². The largest absolute Gasteiger partial charge is 0.289 e. The van der Waals surface area contributed by atoms with Gasteiger partial charge in [-0.05, 0) is 43.2 Å². The lowest BCUT2D eigenvalue weighted by atomic mass is 10.1. The van der Waals surface area contributed by atoms with Gasteiger partial charge in [0, 0.05) is 5.69 Å². The molecule has 0 aliphatic rings. The van der Waals surface area contributed by atoms with Gasteiger partial charge in [0.05, 0.1) is 17.8 Å². The number of hydrogen-bond donors (Lipinski definition) is 0. The molecule has 1 heterocycles. The van der Waals surface area contributed by atoms with Gasteiger partial charge in [-0.3, -0.25) is 4.79 Å².